The summed E-state index contributed by atoms with van der Waals surface area (Å²) in [7, 11) is 1.18. The van der Waals surface area contributed by atoms with Gasteiger partial charge in [-0.1, -0.05) is 18.2 Å². The number of hydrogen-bond acceptors (Lipinski definition) is 4. The fraction of sp³-hybridized carbons (Fsp3) is 0.133. The van der Waals surface area contributed by atoms with Crippen molar-refractivity contribution in [2.75, 3.05) is 12.8 Å². The van der Waals surface area contributed by atoms with E-state index in [9.17, 15) is 13.6 Å². The molecule has 0 saturated heterocycles. The van der Waals surface area contributed by atoms with Crippen molar-refractivity contribution in [1.29, 1.82) is 0 Å². The summed E-state index contributed by atoms with van der Waals surface area (Å²) in [6.07, 6.45) is -0.110. The van der Waals surface area contributed by atoms with E-state index in [4.69, 9.17) is 5.73 Å². The summed E-state index contributed by atoms with van der Waals surface area (Å²) in [6.45, 7) is 0. The number of carbonyl (C=O) groups excluding carboxylic acids is 1. The van der Waals surface area contributed by atoms with Crippen LogP contribution in [0.15, 0.2) is 35.2 Å². The third-order valence-corrected chi connectivity index (χ3v) is 3.48. The summed E-state index contributed by atoms with van der Waals surface area (Å²) in [6, 6.07) is 7.26. The quantitative estimate of drug-likeness (QED) is 0.520. The van der Waals surface area contributed by atoms with Gasteiger partial charge in [0, 0.05) is 16.9 Å². The van der Waals surface area contributed by atoms with Gasteiger partial charge in [-0.25, -0.2) is 13.6 Å². The first-order chi connectivity index (χ1) is 9.95. The number of rotatable bonds is 3. The molecule has 2 N–H and O–H groups in total. The van der Waals surface area contributed by atoms with E-state index in [1.807, 2.05) is 0 Å². The highest BCUT2D eigenvalue weighted by Gasteiger charge is 2.21. The van der Waals surface area contributed by atoms with Gasteiger partial charge in [0.05, 0.1) is 18.4 Å². The molecule has 0 aliphatic carbocycles. The average Bonchev–Trinajstić information content (AvgIpc) is 2.48. The smallest absolute Gasteiger partial charge is 0.338 e. The van der Waals surface area contributed by atoms with Crippen molar-refractivity contribution in [3.63, 3.8) is 0 Å². The van der Waals surface area contributed by atoms with Gasteiger partial charge in [0.15, 0.2) is 5.82 Å². The van der Waals surface area contributed by atoms with Crippen LogP contribution in [0.25, 0.3) is 0 Å². The Morgan fingerprint density at radius 2 is 2.00 bits per heavy atom. The summed E-state index contributed by atoms with van der Waals surface area (Å²) in [5.74, 6) is -2.00. The van der Waals surface area contributed by atoms with Gasteiger partial charge in [0.1, 0.15) is 5.82 Å². The first-order valence-corrected chi connectivity index (χ1v) is 6.52. The summed E-state index contributed by atoms with van der Waals surface area (Å²) in [5.41, 5.74) is 5.63. The molecular formula is C15H13F2NO2S. The first-order valence-electron chi connectivity index (χ1n) is 6.07. The van der Waals surface area contributed by atoms with E-state index in [2.05, 4.69) is 17.4 Å². The maximum Gasteiger partial charge on any atom is 0.338 e. The van der Waals surface area contributed by atoms with Gasteiger partial charge < -0.3 is 10.5 Å². The van der Waals surface area contributed by atoms with Crippen molar-refractivity contribution >= 4 is 24.3 Å². The van der Waals surface area contributed by atoms with E-state index in [0.717, 1.165) is 0 Å². The van der Waals surface area contributed by atoms with Gasteiger partial charge in [0.2, 0.25) is 0 Å². The maximum atomic E-state index is 14.3. The highest BCUT2D eigenvalue weighted by atomic mass is 32.1. The van der Waals surface area contributed by atoms with Crippen molar-refractivity contribution in [2.45, 2.75) is 11.3 Å². The highest BCUT2D eigenvalue weighted by Crippen LogP contribution is 2.29. The zero-order chi connectivity index (χ0) is 15.6. The molecule has 0 aliphatic rings. The molecule has 0 radical (unpaired) electrons. The average molecular weight is 309 g/mol. The van der Waals surface area contributed by atoms with Crippen molar-refractivity contribution in [3.05, 3.63) is 58.7 Å². The lowest BCUT2D eigenvalue weighted by Gasteiger charge is -2.13. The Morgan fingerprint density at radius 3 is 2.62 bits per heavy atom. The third kappa shape index (κ3) is 3.00. The topological polar surface area (TPSA) is 52.3 Å². The van der Waals surface area contributed by atoms with Crippen LogP contribution in [0, 0.1) is 11.6 Å². The molecular weight excluding hydrogens is 296 g/mol. The molecule has 0 aromatic heterocycles. The monoisotopic (exact) mass is 309 g/mol. The number of halogens is 2. The predicted octanol–water partition coefficient (Wildman–Crippen LogP) is 3.21. The number of benzene rings is 2. The fourth-order valence-electron chi connectivity index (χ4n) is 1.99. The molecule has 0 amide bonds. The largest absolute Gasteiger partial charge is 0.465 e. The Kier molecular flexibility index (Phi) is 4.47. The minimum atomic E-state index is -0.786. The summed E-state index contributed by atoms with van der Waals surface area (Å²) >= 11 is 4.02. The molecule has 2 rings (SSSR count). The number of nitrogen functional groups attached to an aromatic ring is 1. The second-order valence-corrected chi connectivity index (χ2v) is 4.89. The molecule has 110 valence electrons. The molecule has 0 heterocycles. The number of methoxy groups -OCH3 is 1. The van der Waals surface area contributed by atoms with E-state index in [1.165, 1.54) is 31.4 Å². The van der Waals surface area contributed by atoms with Crippen molar-refractivity contribution in [3.8, 4) is 0 Å². The van der Waals surface area contributed by atoms with Crippen molar-refractivity contribution in [1.82, 2.24) is 0 Å². The van der Waals surface area contributed by atoms with E-state index >= 15 is 0 Å². The SMILES string of the molecule is COC(=O)c1cc(S)c(N)c(F)c1Cc1ccccc1F. The lowest BCUT2D eigenvalue weighted by Crippen LogP contribution is -2.11. The van der Waals surface area contributed by atoms with Crippen LogP contribution in [0.2, 0.25) is 0 Å². The molecule has 0 spiro atoms. The third-order valence-electron chi connectivity index (χ3n) is 3.11. The molecule has 0 atom stereocenters. The van der Waals surface area contributed by atoms with Crippen LogP contribution in [0.5, 0.6) is 0 Å². The molecule has 3 nitrogen and oxygen atoms in total. The van der Waals surface area contributed by atoms with E-state index < -0.39 is 17.6 Å². The normalized spacial score (nSPS) is 10.5. The number of nitrogens with two attached hydrogens (primary N) is 1. The first kappa shape index (κ1) is 15.3. The number of esters is 1. The van der Waals surface area contributed by atoms with Crippen molar-refractivity contribution in [2.24, 2.45) is 0 Å². The van der Waals surface area contributed by atoms with Crippen LogP contribution in [-0.4, -0.2) is 13.1 Å². The Morgan fingerprint density at radius 1 is 1.33 bits per heavy atom. The lowest BCUT2D eigenvalue weighted by atomic mass is 9.98. The standard InChI is InChI=1S/C15H13F2NO2S/c1-20-15(19)10-7-12(21)14(18)13(17)9(10)6-8-4-2-3-5-11(8)16/h2-5,7,21H,6,18H2,1H3. The van der Waals surface area contributed by atoms with Gasteiger partial charge in [-0.05, 0) is 17.7 Å². The Hall–Kier alpha value is -2.08. The number of thiol groups is 1. The Labute approximate surface area is 126 Å². The van der Waals surface area contributed by atoms with Crippen LogP contribution in [0.1, 0.15) is 21.5 Å². The van der Waals surface area contributed by atoms with Gasteiger partial charge in [0.25, 0.3) is 0 Å². The number of ether oxygens (including phenoxy) is 1. The van der Waals surface area contributed by atoms with Gasteiger partial charge in [-0.15, -0.1) is 12.6 Å². The molecule has 0 unspecified atom stereocenters. The van der Waals surface area contributed by atoms with Crippen LogP contribution in [0.4, 0.5) is 14.5 Å². The molecule has 0 bridgehead atoms. The van der Waals surface area contributed by atoms with E-state index in [0.29, 0.717) is 0 Å². The Bertz CT molecular complexity index is 704. The zero-order valence-corrected chi connectivity index (χ0v) is 12.1. The van der Waals surface area contributed by atoms with Gasteiger partial charge in [-0.2, -0.15) is 0 Å². The summed E-state index contributed by atoms with van der Waals surface area (Å²) < 4.78 is 32.7. The van der Waals surface area contributed by atoms with Crippen LogP contribution < -0.4 is 5.73 Å². The second-order valence-electron chi connectivity index (χ2n) is 4.41. The molecule has 0 aliphatic heterocycles. The highest BCUT2D eigenvalue weighted by molar-refractivity contribution is 7.80. The van der Waals surface area contributed by atoms with Gasteiger partial charge in [-0.3, -0.25) is 0 Å². The number of carbonyl (C=O) groups is 1. The fourth-order valence-corrected chi connectivity index (χ4v) is 2.22. The number of anilines is 1. The van der Waals surface area contributed by atoms with Gasteiger partial charge >= 0.3 is 5.97 Å². The molecule has 21 heavy (non-hydrogen) atoms. The molecule has 0 fully saturated rings. The van der Waals surface area contributed by atoms with Crippen molar-refractivity contribution < 1.29 is 18.3 Å². The zero-order valence-electron chi connectivity index (χ0n) is 11.2. The van der Waals surface area contributed by atoms with Crippen LogP contribution in [-0.2, 0) is 11.2 Å². The van der Waals surface area contributed by atoms with Crippen LogP contribution in [0.3, 0.4) is 0 Å². The minimum absolute atomic E-state index is 0.0118. The molecule has 6 heteroatoms. The lowest BCUT2D eigenvalue weighted by molar-refractivity contribution is 0.0598. The molecule has 2 aromatic rings. The number of hydrogen-bond donors (Lipinski definition) is 2. The van der Waals surface area contributed by atoms with Crippen LogP contribution >= 0.6 is 12.6 Å². The second kappa shape index (κ2) is 6.13. The summed E-state index contributed by atoms with van der Waals surface area (Å²) in [5, 5.41) is 0. The summed E-state index contributed by atoms with van der Waals surface area (Å²) in [4.78, 5) is 11.9. The predicted molar refractivity (Wildman–Crippen MR) is 78.6 cm³/mol. The molecule has 2 aromatic carbocycles. The Balaban J connectivity index is 2.59. The van der Waals surface area contributed by atoms with E-state index in [1.54, 1.807) is 6.07 Å². The maximum absolute atomic E-state index is 14.3. The van der Waals surface area contributed by atoms with E-state index in [-0.39, 0.29) is 33.7 Å². The molecule has 0 saturated carbocycles. The minimum Gasteiger partial charge on any atom is -0.465 e.